The van der Waals surface area contributed by atoms with Crippen molar-refractivity contribution >= 4 is 18.0 Å². The van der Waals surface area contributed by atoms with Crippen LogP contribution in [0.2, 0.25) is 0 Å². The average Bonchev–Trinajstić information content (AvgIpc) is 2.52. The first kappa shape index (κ1) is 18.6. The van der Waals surface area contributed by atoms with Gasteiger partial charge in [0.25, 0.3) is 5.91 Å². The van der Waals surface area contributed by atoms with Crippen molar-refractivity contribution in [2.75, 3.05) is 7.11 Å². The molecule has 0 aliphatic heterocycles. The van der Waals surface area contributed by atoms with E-state index in [-0.39, 0.29) is 6.10 Å². The van der Waals surface area contributed by atoms with E-state index in [4.69, 9.17) is 9.47 Å². The van der Waals surface area contributed by atoms with Crippen molar-refractivity contribution in [3.63, 3.8) is 0 Å². The van der Waals surface area contributed by atoms with Crippen LogP contribution in [0.25, 0.3) is 0 Å². The summed E-state index contributed by atoms with van der Waals surface area (Å²) < 4.78 is 14.7. The van der Waals surface area contributed by atoms with Crippen LogP contribution in [-0.2, 0) is 25.6 Å². The van der Waals surface area contributed by atoms with Gasteiger partial charge in [0, 0.05) is 0 Å². The van der Waals surface area contributed by atoms with E-state index in [9.17, 15) is 14.4 Å². The molecule has 23 heavy (non-hydrogen) atoms. The second kappa shape index (κ2) is 8.89. The molecule has 1 aromatic carbocycles. The molecule has 1 atom stereocenters. The molecule has 1 aromatic rings. The number of alkyl carbamates (subject to hydrolysis) is 1. The molecule has 0 radical (unpaired) electrons. The number of nitrogens with one attached hydrogen (secondary N) is 1. The van der Waals surface area contributed by atoms with Crippen molar-refractivity contribution in [1.29, 1.82) is 0 Å². The molecule has 0 aromatic heterocycles. The van der Waals surface area contributed by atoms with E-state index in [0.29, 0.717) is 12.2 Å². The third-order valence-corrected chi connectivity index (χ3v) is 2.84. The number of hydrogen-bond acceptors (Lipinski definition) is 6. The van der Waals surface area contributed by atoms with Gasteiger partial charge in [-0.1, -0.05) is 12.1 Å². The highest BCUT2D eigenvalue weighted by Crippen LogP contribution is 2.09. The summed E-state index contributed by atoms with van der Waals surface area (Å²) in [5.74, 6) is -1.42. The van der Waals surface area contributed by atoms with Gasteiger partial charge in [-0.2, -0.15) is 0 Å². The maximum Gasteiger partial charge on any atom is 0.413 e. The number of carbonyl (C=O) groups is 3. The normalized spacial score (nSPS) is 11.7. The third kappa shape index (κ3) is 6.48. The zero-order chi connectivity index (χ0) is 17.4. The summed E-state index contributed by atoms with van der Waals surface area (Å²) in [7, 11) is 1.13. The van der Waals surface area contributed by atoms with Crippen LogP contribution in [0.15, 0.2) is 24.3 Å². The lowest BCUT2D eigenvalue weighted by molar-refractivity contribution is -0.128. The van der Waals surface area contributed by atoms with Crippen molar-refractivity contribution in [2.45, 2.75) is 39.6 Å². The molecule has 1 rings (SSSR count). The molecule has 0 fully saturated rings. The van der Waals surface area contributed by atoms with E-state index >= 15 is 0 Å². The Morgan fingerprint density at radius 3 is 2.22 bits per heavy atom. The first-order valence-electron chi connectivity index (χ1n) is 7.13. The molecule has 0 aliphatic carbocycles. The lowest BCUT2D eigenvalue weighted by Gasteiger charge is -2.12. The smallest absolute Gasteiger partial charge is 0.413 e. The molecule has 0 heterocycles. The van der Waals surface area contributed by atoms with Gasteiger partial charge < -0.3 is 14.2 Å². The van der Waals surface area contributed by atoms with Crippen LogP contribution >= 0.6 is 0 Å². The number of esters is 1. The van der Waals surface area contributed by atoms with Crippen LogP contribution < -0.4 is 5.32 Å². The molecule has 0 saturated heterocycles. The standard InChI is InChI=1S/C16H21NO6/c1-10(2)22-9-12-5-7-13(8-6-12)15(19)23-11(3)14(18)17-16(20)21-4/h5-8,10-11H,9H2,1-4H3,(H,17,18,20)/t11-/m0/s1. The van der Waals surface area contributed by atoms with Gasteiger partial charge in [-0.3, -0.25) is 10.1 Å². The number of rotatable bonds is 6. The van der Waals surface area contributed by atoms with Gasteiger partial charge in [-0.15, -0.1) is 0 Å². The minimum atomic E-state index is -1.12. The fourth-order valence-corrected chi connectivity index (χ4v) is 1.54. The number of ether oxygens (including phenoxy) is 3. The lowest BCUT2D eigenvalue weighted by Crippen LogP contribution is -2.39. The molecule has 7 nitrogen and oxygen atoms in total. The van der Waals surface area contributed by atoms with Crippen molar-refractivity contribution in [3.05, 3.63) is 35.4 Å². The van der Waals surface area contributed by atoms with Crippen LogP contribution in [0, 0.1) is 0 Å². The minimum Gasteiger partial charge on any atom is -0.453 e. The lowest BCUT2D eigenvalue weighted by atomic mass is 10.1. The molecule has 0 bridgehead atoms. The molecule has 0 unspecified atom stereocenters. The highest BCUT2D eigenvalue weighted by atomic mass is 16.6. The topological polar surface area (TPSA) is 90.9 Å². The number of methoxy groups -OCH3 is 1. The first-order chi connectivity index (χ1) is 10.8. The van der Waals surface area contributed by atoms with E-state index < -0.39 is 24.1 Å². The van der Waals surface area contributed by atoms with E-state index in [0.717, 1.165) is 12.7 Å². The van der Waals surface area contributed by atoms with Gasteiger partial charge in [0.2, 0.25) is 0 Å². The number of carbonyl (C=O) groups excluding carboxylic acids is 3. The van der Waals surface area contributed by atoms with Gasteiger partial charge in [0.05, 0.1) is 25.4 Å². The van der Waals surface area contributed by atoms with Crippen molar-refractivity contribution in [1.82, 2.24) is 5.32 Å². The Hall–Kier alpha value is -2.41. The Balaban J connectivity index is 2.57. The summed E-state index contributed by atoms with van der Waals surface area (Å²) in [6.45, 7) is 5.69. The number of imide groups is 1. The Morgan fingerprint density at radius 1 is 1.09 bits per heavy atom. The summed E-state index contributed by atoms with van der Waals surface area (Å²) in [4.78, 5) is 34.4. The van der Waals surface area contributed by atoms with E-state index in [1.807, 2.05) is 19.2 Å². The number of hydrogen-bond donors (Lipinski definition) is 1. The van der Waals surface area contributed by atoms with Gasteiger partial charge in [-0.25, -0.2) is 9.59 Å². The molecule has 2 amide bonds. The van der Waals surface area contributed by atoms with E-state index in [1.54, 1.807) is 24.3 Å². The predicted octanol–water partition coefficient (Wildman–Crippen LogP) is 2.04. The fraction of sp³-hybridized carbons (Fsp3) is 0.438. The second-order valence-electron chi connectivity index (χ2n) is 5.09. The Bertz CT molecular complexity index is 552. The van der Waals surface area contributed by atoms with Crippen LogP contribution in [0.4, 0.5) is 4.79 Å². The minimum absolute atomic E-state index is 0.119. The maximum atomic E-state index is 11.9. The van der Waals surface area contributed by atoms with Crippen LogP contribution in [0.3, 0.4) is 0 Å². The molecular formula is C16H21NO6. The Morgan fingerprint density at radius 2 is 1.70 bits per heavy atom. The van der Waals surface area contributed by atoms with Crippen LogP contribution in [0.1, 0.15) is 36.7 Å². The molecular weight excluding hydrogens is 302 g/mol. The second-order valence-corrected chi connectivity index (χ2v) is 5.09. The monoisotopic (exact) mass is 323 g/mol. The maximum absolute atomic E-state index is 11.9. The molecule has 0 spiro atoms. The number of amides is 2. The Kier molecular flexibility index (Phi) is 7.21. The number of benzene rings is 1. The Labute approximate surface area is 134 Å². The van der Waals surface area contributed by atoms with Crippen LogP contribution in [-0.4, -0.2) is 37.3 Å². The molecule has 1 N–H and O–H groups in total. The summed E-state index contributed by atoms with van der Waals surface area (Å²) >= 11 is 0. The van der Waals surface area contributed by atoms with Gasteiger partial charge >= 0.3 is 12.1 Å². The van der Waals surface area contributed by atoms with Gasteiger partial charge in [0.15, 0.2) is 6.10 Å². The van der Waals surface area contributed by atoms with Crippen molar-refractivity contribution < 1.29 is 28.6 Å². The van der Waals surface area contributed by atoms with Gasteiger partial charge in [-0.05, 0) is 38.5 Å². The fourth-order valence-electron chi connectivity index (χ4n) is 1.54. The molecule has 126 valence electrons. The van der Waals surface area contributed by atoms with E-state index in [2.05, 4.69) is 4.74 Å². The SMILES string of the molecule is COC(=O)NC(=O)[C@H](C)OC(=O)c1ccc(COC(C)C)cc1. The molecule has 0 aliphatic rings. The van der Waals surface area contributed by atoms with E-state index in [1.165, 1.54) is 6.92 Å². The first-order valence-corrected chi connectivity index (χ1v) is 7.13. The third-order valence-electron chi connectivity index (χ3n) is 2.84. The zero-order valence-electron chi connectivity index (χ0n) is 13.6. The highest BCUT2D eigenvalue weighted by Gasteiger charge is 2.20. The summed E-state index contributed by atoms with van der Waals surface area (Å²) in [5.41, 5.74) is 1.22. The highest BCUT2D eigenvalue weighted by molar-refractivity contribution is 5.96. The van der Waals surface area contributed by atoms with Crippen LogP contribution in [0.5, 0.6) is 0 Å². The summed E-state index contributed by atoms with van der Waals surface area (Å²) in [5, 5.41) is 1.93. The zero-order valence-corrected chi connectivity index (χ0v) is 13.6. The molecule has 0 saturated carbocycles. The van der Waals surface area contributed by atoms with Gasteiger partial charge in [0.1, 0.15) is 0 Å². The average molecular weight is 323 g/mol. The summed E-state index contributed by atoms with van der Waals surface area (Å²) in [6, 6.07) is 6.68. The largest absolute Gasteiger partial charge is 0.453 e. The van der Waals surface area contributed by atoms with Crippen molar-refractivity contribution in [3.8, 4) is 0 Å². The van der Waals surface area contributed by atoms with Crippen molar-refractivity contribution in [2.24, 2.45) is 0 Å². The quantitative estimate of drug-likeness (QED) is 0.806. The summed E-state index contributed by atoms with van der Waals surface area (Å²) in [6.07, 6.45) is -1.91. The molecule has 7 heteroatoms. The predicted molar refractivity (Wildman–Crippen MR) is 81.8 cm³/mol.